The van der Waals surface area contributed by atoms with E-state index in [1.54, 1.807) is 0 Å². The first-order valence-electron chi connectivity index (χ1n) is 5.96. The van der Waals surface area contributed by atoms with Crippen LogP contribution in [0.4, 0.5) is 17.6 Å². The van der Waals surface area contributed by atoms with Gasteiger partial charge in [-0.15, -0.1) is 0 Å². The second-order valence-electron chi connectivity index (χ2n) is 4.25. The number of rotatable bonds is 5. The van der Waals surface area contributed by atoms with Crippen molar-refractivity contribution >= 4 is 0 Å². The number of nitrogens with two attached hydrogens (primary N) is 1. The molecule has 0 heterocycles. The van der Waals surface area contributed by atoms with Crippen molar-refractivity contribution in [1.29, 1.82) is 0 Å². The second-order valence-corrected chi connectivity index (χ2v) is 4.25. The number of benzene rings is 2. The first kappa shape index (κ1) is 15.3. The molecular formula is C14H12F4N2O. The topological polar surface area (TPSA) is 47.3 Å². The molecule has 112 valence electrons. The zero-order valence-corrected chi connectivity index (χ0v) is 10.7. The van der Waals surface area contributed by atoms with Crippen LogP contribution in [0, 0.1) is 11.6 Å². The van der Waals surface area contributed by atoms with Gasteiger partial charge in [0.15, 0.2) is 0 Å². The van der Waals surface area contributed by atoms with Gasteiger partial charge in [-0.3, -0.25) is 5.84 Å². The molecule has 2 aromatic carbocycles. The molecule has 0 spiro atoms. The van der Waals surface area contributed by atoms with E-state index >= 15 is 0 Å². The fourth-order valence-electron chi connectivity index (χ4n) is 1.97. The van der Waals surface area contributed by atoms with Crippen LogP contribution in [0.5, 0.6) is 5.75 Å². The third kappa shape index (κ3) is 3.93. The van der Waals surface area contributed by atoms with Crippen LogP contribution in [-0.4, -0.2) is 6.61 Å². The normalized spacial score (nSPS) is 12.5. The van der Waals surface area contributed by atoms with Gasteiger partial charge in [0.25, 0.3) is 0 Å². The van der Waals surface area contributed by atoms with Gasteiger partial charge in [0.05, 0.1) is 6.04 Å². The molecule has 1 unspecified atom stereocenters. The lowest BCUT2D eigenvalue weighted by Gasteiger charge is -2.17. The van der Waals surface area contributed by atoms with E-state index in [-0.39, 0.29) is 11.3 Å². The summed E-state index contributed by atoms with van der Waals surface area (Å²) in [6, 6.07) is 7.93. The molecule has 0 radical (unpaired) electrons. The Morgan fingerprint density at radius 1 is 0.905 bits per heavy atom. The molecule has 7 heteroatoms. The summed E-state index contributed by atoms with van der Waals surface area (Å²) in [5.41, 5.74) is 3.25. The summed E-state index contributed by atoms with van der Waals surface area (Å²) in [6.07, 6.45) is 0. The lowest BCUT2D eigenvalue weighted by Crippen LogP contribution is -2.29. The molecule has 0 aliphatic rings. The molecule has 0 aliphatic carbocycles. The van der Waals surface area contributed by atoms with Crippen molar-refractivity contribution in [2.45, 2.75) is 12.7 Å². The number of ether oxygens (including phenoxy) is 1. The first-order chi connectivity index (χ1) is 9.99. The van der Waals surface area contributed by atoms with Gasteiger partial charge < -0.3 is 4.74 Å². The van der Waals surface area contributed by atoms with Gasteiger partial charge in [-0.2, -0.15) is 8.78 Å². The lowest BCUT2D eigenvalue weighted by atomic mass is 9.99. The van der Waals surface area contributed by atoms with Gasteiger partial charge in [0.1, 0.15) is 17.4 Å². The summed E-state index contributed by atoms with van der Waals surface area (Å²) in [4.78, 5) is 0. The van der Waals surface area contributed by atoms with E-state index in [0.717, 1.165) is 18.2 Å². The molecule has 1 atom stereocenters. The number of nitrogens with one attached hydrogen (secondary N) is 1. The number of hydrogen-bond donors (Lipinski definition) is 2. The molecule has 0 bridgehead atoms. The summed E-state index contributed by atoms with van der Waals surface area (Å²) < 4.78 is 54.8. The minimum absolute atomic E-state index is 0.0186. The molecule has 21 heavy (non-hydrogen) atoms. The van der Waals surface area contributed by atoms with Crippen LogP contribution in [0.1, 0.15) is 17.2 Å². The third-order valence-corrected chi connectivity index (χ3v) is 2.82. The van der Waals surface area contributed by atoms with Gasteiger partial charge in [-0.05, 0) is 35.4 Å². The molecule has 2 aromatic rings. The Kier molecular flexibility index (Phi) is 4.77. The van der Waals surface area contributed by atoms with E-state index in [1.165, 1.54) is 24.3 Å². The maximum Gasteiger partial charge on any atom is 0.387 e. The highest BCUT2D eigenvalue weighted by atomic mass is 19.3. The van der Waals surface area contributed by atoms with E-state index in [0.29, 0.717) is 5.56 Å². The molecule has 2 rings (SSSR count). The van der Waals surface area contributed by atoms with E-state index < -0.39 is 24.3 Å². The smallest absolute Gasteiger partial charge is 0.387 e. The summed E-state index contributed by atoms with van der Waals surface area (Å²) >= 11 is 0. The van der Waals surface area contributed by atoms with Crippen molar-refractivity contribution in [2.75, 3.05) is 0 Å². The van der Waals surface area contributed by atoms with E-state index in [9.17, 15) is 17.6 Å². The third-order valence-electron chi connectivity index (χ3n) is 2.82. The fourth-order valence-corrected chi connectivity index (χ4v) is 1.97. The van der Waals surface area contributed by atoms with Crippen molar-refractivity contribution in [1.82, 2.24) is 5.43 Å². The van der Waals surface area contributed by atoms with Crippen LogP contribution in [0.3, 0.4) is 0 Å². The largest absolute Gasteiger partial charge is 0.435 e. The number of halogens is 4. The SMILES string of the molecule is NNC(c1ccc(OC(F)F)cc1)c1cc(F)cc(F)c1. The van der Waals surface area contributed by atoms with Crippen molar-refractivity contribution < 1.29 is 22.3 Å². The van der Waals surface area contributed by atoms with Crippen molar-refractivity contribution in [3.8, 4) is 5.75 Å². The Hall–Kier alpha value is -2.12. The average Bonchev–Trinajstić information content (AvgIpc) is 2.40. The monoisotopic (exact) mass is 300 g/mol. The Bertz CT molecular complexity index is 584. The van der Waals surface area contributed by atoms with Gasteiger partial charge in [-0.25, -0.2) is 14.2 Å². The predicted molar refractivity (Wildman–Crippen MR) is 68.6 cm³/mol. The molecule has 0 amide bonds. The maximum atomic E-state index is 13.2. The molecule has 0 saturated heterocycles. The summed E-state index contributed by atoms with van der Waals surface area (Å²) in [7, 11) is 0. The average molecular weight is 300 g/mol. The summed E-state index contributed by atoms with van der Waals surface area (Å²) in [5.74, 6) is 3.92. The Balaban J connectivity index is 2.28. The summed E-state index contributed by atoms with van der Waals surface area (Å²) in [5, 5.41) is 0. The van der Waals surface area contributed by atoms with Crippen molar-refractivity contribution in [2.24, 2.45) is 5.84 Å². The highest BCUT2D eigenvalue weighted by Gasteiger charge is 2.15. The lowest BCUT2D eigenvalue weighted by molar-refractivity contribution is -0.0498. The Morgan fingerprint density at radius 3 is 1.95 bits per heavy atom. The second kappa shape index (κ2) is 6.55. The zero-order valence-electron chi connectivity index (χ0n) is 10.7. The van der Waals surface area contributed by atoms with E-state index in [1.807, 2.05) is 0 Å². The first-order valence-corrected chi connectivity index (χ1v) is 5.96. The molecule has 0 aliphatic heterocycles. The van der Waals surface area contributed by atoms with Crippen LogP contribution in [0.2, 0.25) is 0 Å². The van der Waals surface area contributed by atoms with Gasteiger partial charge >= 0.3 is 6.61 Å². The number of alkyl halides is 2. The quantitative estimate of drug-likeness (QED) is 0.507. The highest BCUT2D eigenvalue weighted by Crippen LogP contribution is 2.25. The molecule has 0 aromatic heterocycles. The Labute approximate surface area is 118 Å². The van der Waals surface area contributed by atoms with Gasteiger partial charge in [0, 0.05) is 6.07 Å². The van der Waals surface area contributed by atoms with Gasteiger partial charge in [0.2, 0.25) is 0 Å². The highest BCUT2D eigenvalue weighted by molar-refractivity contribution is 5.35. The zero-order chi connectivity index (χ0) is 15.4. The summed E-state index contributed by atoms with van der Waals surface area (Å²) in [6.45, 7) is -2.92. The van der Waals surface area contributed by atoms with Crippen molar-refractivity contribution in [3.63, 3.8) is 0 Å². The number of hydrogen-bond acceptors (Lipinski definition) is 3. The van der Waals surface area contributed by atoms with Crippen LogP contribution in [0.25, 0.3) is 0 Å². The van der Waals surface area contributed by atoms with Crippen LogP contribution >= 0.6 is 0 Å². The fraction of sp³-hybridized carbons (Fsp3) is 0.143. The predicted octanol–water partition coefficient (Wildman–Crippen LogP) is 3.12. The molecule has 0 fully saturated rings. The molecule has 3 nitrogen and oxygen atoms in total. The standard InChI is InChI=1S/C14H12F4N2O/c15-10-5-9(6-11(16)7-10)13(20-19)8-1-3-12(4-2-8)21-14(17)18/h1-7,13-14,20H,19H2. The maximum absolute atomic E-state index is 13.2. The van der Waals surface area contributed by atoms with Crippen molar-refractivity contribution in [3.05, 3.63) is 65.2 Å². The molecule has 3 N–H and O–H groups in total. The minimum atomic E-state index is -2.92. The van der Waals surface area contributed by atoms with E-state index in [4.69, 9.17) is 5.84 Å². The van der Waals surface area contributed by atoms with Crippen LogP contribution in [-0.2, 0) is 0 Å². The van der Waals surface area contributed by atoms with Crippen LogP contribution in [0.15, 0.2) is 42.5 Å². The molecular weight excluding hydrogens is 288 g/mol. The number of hydrazine groups is 1. The van der Waals surface area contributed by atoms with Crippen LogP contribution < -0.4 is 16.0 Å². The van der Waals surface area contributed by atoms with Gasteiger partial charge in [-0.1, -0.05) is 12.1 Å². The minimum Gasteiger partial charge on any atom is -0.435 e. The molecule has 0 saturated carbocycles. The Morgan fingerprint density at radius 2 is 1.48 bits per heavy atom. The van der Waals surface area contributed by atoms with E-state index in [2.05, 4.69) is 10.2 Å².